The maximum absolute atomic E-state index is 12.5. The average Bonchev–Trinajstić information content (AvgIpc) is 2.45. The van der Waals surface area contributed by atoms with Crippen LogP contribution in [0.5, 0.6) is 0 Å². The molecule has 0 amide bonds. The molecule has 1 heterocycles. The summed E-state index contributed by atoms with van der Waals surface area (Å²) < 4.78 is 37.5. The molecule has 1 aromatic carbocycles. The van der Waals surface area contributed by atoms with E-state index in [1.165, 1.54) is 18.2 Å². The Bertz CT molecular complexity index is 664. The van der Waals surface area contributed by atoms with Gasteiger partial charge in [-0.2, -0.15) is 13.2 Å². The first-order chi connectivity index (χ1) is 9.86. The number of nitro benzene ring substituents is 1. The van der Waals surface area contributed by atoms with Crippen molar-refractivity contribution in [1.29, 1.82) is 0 Å². The molecule has 0 aliphatic rings. The third-order valence-electron chi connectivity index (χ3n) is 2.41. The van der Waals surface area contributed by atoms with Crippen molar-refractivity contribution in [2.45, 2.75) is 17.1 Å². The van der Waals surface area contributed by atoms with Gasteiger partial charge in [0.15, 0.2) is 5.16 Å². The summed E-state index contributed by atoms with van der Waals surface area (Å²) in [6, 6.07) is 6.65. The molecule has 0 atom stereocenters. The Hall–Kier alpha value is -2.16. The molecule has 0 saturated carbocycles. The second kappa shape index (κ2) is 6.08. The van der Waals surface area contributed by atoms with Crippen molar-refractivity contribution in [3.8, 4) is 0 Å². The van der Waals surface area contributed by atoms with Crippen LogP contribution in [0.3, 0.4) is 0 Å². The second-order valence-electron chi connectivity index (χ2n) is 3.94. The van der Waals surface area contributed by atoms with Gasteiger partial charge in [-0.15, -0.1) is 0 Å². The zero-order valence-electron chi connectivity index (χ0n) is 10.4. The molecule has 0 aliphatic carbocycles. The average molecular weight is 315 g/mol. The predicted molar refractivity (Wildman–Crippen MR) is 69.7 cm³/mol. The van der Waals surface area contributed by atoms with Crippen LogP contribution in [0.1, 0.15) is 11.3 Å². The zero-order chi connectivity index (χ0) is 15.5. The fourth-order valence-corrected chi connectivity index (χ4v) is 2.25. The Morgan fingerprint density at radius 1 is 1.29 bits per heavy atom. The molecule has 0 N–H and O–H groups in total. The topological polar surface area (TPSA) is 68.9 Å². The molecule has 0 aliphatic heterocycles. The summed E-state index contributed by atoms with van der Waals surface area (Å²) in [4.78, 5) is 17.3. The van der Waals surface area contributed by atoms with Crippen LogP contribution in [0, 0.1) is 10.1 Å². The maximum atomic E-state index is 12.5. The molecule has 0 spiro atoms. The van der Waals surface area contributed by atoms with Gasteiger partial charge in [0.25, 0.3) is 5.69 Å². The van der Waals surface area contributed by atoms with Crippen molar-refractivity contribution in [3.05, 3.63) is 57.9 Å². The predicted octanol–water partition coefficient (Wildman–Crippen LogP) is 3.70. The van der Waals surface area contributed by atoms with E-state index < -0.39 is 16.8 Å². The minimum Gasteiger partial charge on any atom is -0.258 e. The number of nitrogens with zero attached hydrogens (tertiary/aromatic N) is 3. The van der Waals surface area contributed by atoms with Gasteiger partial charge in [0.1, 0.15) is 5.69 Å². The lowest BCUT2D eigenvalue weighted by molar-refractivity contribution is -0.384. The molecule has 110 valence electrons. The van der Waals surface area contributed by atoms with Gasteiger partial charge in [-0.25, -0.2) is 9.97 Å². The summed E-state index contributed by atoms with van der Waals surface area (Å²) in [6.07, 6.45) is -3.49. The first-order valence-corrected chi connectivity index (χ1v) is 6.61. The SMILES string of the molecule is O=[N+]([O-])c1cccc(CSc2nccc(C(F)(F)F)n2)c1. The quantitative estimate of drug-likeness (QED) is 0.372. The first kappa shape index (κ1) is 15.2. The van der Waals surface area contributed by atoms with E-state index >= 15 is 0 Å². The molecular weight excluding hydrogens is 307 g/mol. The minimum absolute atomic E-state index is 0.0312. The Morgan fingerprint density at radius 2 is 2.05 bits per heavy atom. The van der Waals surface area contributed by atoms with Crippen molar-refractivity contribution >= 4 is 17.4 Å². The molecule has 5 nitrogen and oxygen atoms in total. The van der Waals surface area contributed by atoms with Crippen LogP contribution in [0.25, 0.3) is 0 Å². The van der Waals surface area contributed by atoms with Gasteiger partial charge in [-0.05, 0) is 11.6 Å². The molecule has 0 radical (unpaired) electrons. The third-order valence-corrected chi connectivity index (χ3v) is 3.35. The van der Waals surface area contributed by atoms with E-state index in [0.717, 1.165) is 24.0 Å². The highest BCUT2D eigenvalue weighted by Gasteiger charge is 2.32. The summed E-state index contributed by atoms with van der Waals surface area (Å²) in [5.74, 6) is 0.239. The highest BCUT2D eigenvalue weighted by molar-refractivity contribution is 7.98. The summed E-state index contributed by atoms with van der Waals surface area (Å²) in [7, 11) is 0. The number of aromatic nitrogens is 2. The minimum atomic E-state index is -4.52. The zero-order valence-corrected chi connectivity index (χ0v) is 11.2. The number of benzene rings is 1. The molecule has 2 rings (SSSR count). The molecule has 0 bridgehead atoms. The van der Waals surface area contributed by atoms with Crippen LogP contribution in [0.2, 0.25) is 0 Å². The summed E-state index contributed by atoms with van der Waals surface area (Å²) >= 11 is 0.979. The first-order valence-electron chi connectivity index (χ1n) is 5.62. The summed E-state index contributed by atoms with van der Waals surface area (Å²) in [6.45, 7) is 0. The van der Waals surface area contributed by atoms with E-state index in [1.54, 1.807) is 6.07 Å². The van der Waals surface area contributed by atoms with E-state index in [9.17, 15) is 23.3 Å². The number of hydrogen-bond donors (Lipinski definition) is 0. The molecule has 1 aromatic heterocycles. The smallest absolute Gasteiger partial charge is 0.258 e. The van der Waals surface area contributed by atoms with E-state index in [2.05, 4.69) is 9.97 Å². The second-order valence-corrected chi connectivity index (χ2v) is 4.88. The number of nitro groups is 1. The van der Waals surface area contributed by atoms with Gasteiger partial charge in [0.2, 0.25) is 0 Å². The van der Waals surface area contributed by atoms with Crippen molar-refractivity contribution in [2.24, 2.45) is 0 Å². The third kappa shape index (κ3) is 4.15. The Kier molecular flexibility index (Phi) is 4.41. The summed E-state index contributed by atoms with van der Waals surface area (Å²) in [5.41, 5.74) is -0.479. The van der Waals surface area contributed by atoms with Crippen molar-refractivity contribution < 1.29 is 18.1 Å². The molecule has 2 aromatic rings. The largest absolute Gasteiger partial charge is 0.433 e. The van der Waals surface area contributed by atoms with Gasteiger partial charge in [-0.1, -0.05) is 23.9 Å². The normalized spacial score (nSPS) is 11.4. The monoisotopic (exact) mass is 315 g/mol. The fourth-order valence-electron chi connectivity index (χ4n) is 1.48. The van der Waals surface area contributed by atoms with Crippen molar-refractivity contribution in [1.82, 2.24) is 9.97 Å². The van der Waals surface area contributed by atoms with Crippen LogP contribution in [-0.2, 0) is 11.9 Å². The standard InChI is InChI=1S/C12H8F3N3O2S/c13-12(14,15)10-4-5-16-11(17-10)21-7-8-2-1-3-9(6-8)18(19)20/h1-6H,7H2. The highest BCUT2D eigenvalue weighted by Crippen LogP contribution is 2.29. The lowest BCUT2D eigenvalue weighted by Gasteiger charge is -2.06. The molecule has 0 unspecified atom stereocenters. The number of hydrogen-bond acceptors (Lipinski definition) is 5. The number of rotatable bonds is 4. The highest BCUT2D eigenvalue weighted by atomic mass is 32.2. The Morgan fingerprint density at radius 3 is 2.71 bits per heavy atom. The van der Waals surface area contributed by atoms with Gasteiger partial charge < -0.3 is 0 Å². The maximum Gasteiger partial charge on any atom is 0.433 e. The van der Waals surface area contributed by atoms with E-state index in [-0.39, 0.29) is 16.6 Å². The number of thioether (sulfide) groups is 1. The van der Waals surface area contributed by atoms with Crippen molar-refractivity contribution in [3.63, 3.8) is 0 Å². The molecule has 0 saturated heterocycles. The lowest BCUT2D eigenvalue weighted by atomic mass is 10.2. The van der Waals surface area contributed by atoms with Gasteiger partial charge >= 0.3 is 6.18 Å². The van der Waals surface area contributed by atoms with Gasteiger partial charge in [0, 0.05) is 24.1 Å². The van der Waals surface area contributed by atoms with Crippen LogP contribution < -0.4 is 0 Å². The van der Waals surface area contributed by atoms with Crippen LogP contribution in [-0.4, -0.2) is 14.9 Å². The van der Waals surface area contributed by atoms with Crippen LogP contribution in [0.4, 0.5) is 18.9 Å². The molecule has 0 fully saturated rings. The fraction of sp³-hybridized carbons (Fsp3) is 0.167. The number of non-ortho nitro benzene ring substituents is 1. The van der Waals surface area contributed by atoms with Gasteiger partial charge in [0.05, 0.1) is 4.92 Å². The van der Waals surface area contributed by atoms with Crippen LogP contribution >= 0.6 is 11.8 Å². The number of halogens is 3. The Labute approximate surface area is 121 Å². The molecule has 9 heteroatoms. The Balaban J connectivity index is 2.10. The lowest BCUT2D eigenvalue weighted by Crippen LogP contribution is -2.08. The number of alkyl halides is 3. The van der Waals surface area contributed by atoms with E-state index in [4.69, 9.17) is 0 Å². The molecule has 21 heavy (non-hydrogen) atoms. The van der Waals surface area contributed by atoms with Crippen molar-refractivity contribution in [2.75, 3.05) is 0 Å². The van der Waals surface area contributed by atoms with E-state index in [0.29, 0.717) is 5.56 Å². The summed E-state index contributed by atoms with van der Waals surface area (Å²) in [5, 5.41) is 10.6. The van der Waals surface area contributed by atoms with Crippen LogP contribution in [0.15, 0.2) is 41.7 Å². The van der Waals surface area contributed by atoms with Gasteiger partial charge in [-0.3, -0.25) is 10.1 Å². The molecular formula is C12H8F3N3O2S. The van der Waals surface area contributed by atoms with E-state index in [1.807, 2.05) is 0 Å².